The molecule has 1 aromatic carbocycles. The Kier molecular flexibility index (Phi) is 3.61. The van der Waals surface area contributed by atoms with Crippen molar-refractivity contribution in [1.29, 1.82) is 0 Å². The molecular weight excluding hydrogens is 236 g/mol. The van der Waals surface area contributed by atoms with Crippen LogP contribution < -0.4 is 10.5 Å². The number of hydrogen-bond acceptors (Lipinski definition) is 3. The van der Waals surface area contributed by atoms with Crippen LogP contribution in [0.4, 0.5) is 0 Å². The predicted octanol–water partition coefficient (Wildman–Crippen LogP) is 3.29. The molecule has 2 N–H and O–H groups in total. The number of ether oxygens (including phenoxy) is 1. The Bertz CT molecular complexity index is 511. The first-order valence-corrected chi connectivity index (χ1v) is 5.66. The van der Waals surface area contributed by atoms with Crippen LogP contribution in [0, 0.1) is 6.92 Å². The van der Waals surface area contributed by atoms with E-state index in [1.807, 2.05) is 31.2 Å². The van der Waals surface area contributed by atoms with Gasteiger partial charge in [-0.05, 0) is 24.6 Å². The van der Waals surface area contributed by atoms with E-state index in [2.05, 4.69) is 4.98 Å². The normalized spacial score (nSPS) is 10.3. The van der Waals surface area contributed by atoms with Crippen molar-refractivity contribution in [2.24, 2.45) is 5.73 Å². The van der Waals surface area contributed by atoms with Crippen molar-refractivity contribution in [1.82, 2.24) is 4.98 Å². The Morgan fingerprint density at radius 2 is 2.12 bits per heavy atom. The third kappa shape index (κ3) is 2.75. The first-order valence-electron chi connectivity index (χ1n) is 5.28. The second kappa shape index (κ2) is 5.17. The minimum Gasteiger partial charge on any atom is -0.439 e. The zero-order valence-corrected chi connectivity index (χ0v) is 10.2. The van der Waals surface area contributed by atoms with Gasteiger partial charge in [0.2, 0.25) is 5.88 Å². The van der Waals surface area contributed by atoms with E-state index in [9.17, 15) is 0 Å². The van der Waals surface area contributed by atoms with Gasteiger partial charge in [0, 0.05) is 29.4 Å². The van der Waals surface area contributed by atoms with E-state index >= 15 is 0 Å². The highest BCUT2D eigenvalue weighted by molar-refractivity contribution is 6.31. The maximum absolute atomic E-state index is 6.04. The standard InChI is InChI=1S/C13H13ClN2O/c1-9-5-6-13(16-8-9)17-12-4-2-3-11(14)10(12)7-15/h2-6,8H,7,15H2,1H3. The van der Waals surface area contributed by atoms with E-state index in [4.69, 9.17) is 22.1 Å². The van der Waals surface area contributed by atoms with Crippen molar-refractivity contribution in [2.75, 3.05) is 0 Å². The van der Waals surface area contributed by atoms with Crippen molar-refractivity contribution in [3.63, 3.8) is 0 Å². The van der Waals surface area contributed by atoms with Crippen LogP contribution in [-0.4, -0.2) is 4.98 Å². The molecule has 0 aliphatic carbocycles. The number of aromatic nitrogens is 1. The third-order valence-electron chi connectivity index (χ3n) is 2.38. The molecular formula is C13H13ClN2O. The molecule has 0 aliphatic rings. The molecule has 0 amide bonds. The molecule has 0 fully saturated rings. The molecule has 4 heteroatoms. The van der Waals surface area contributed by atoms with Crippen molar-refractivity contribution in [3.05, 3.63) is 52.7 Å². The van der Waals surface area contributed by atoms with Gasteiger partial charge in [0.15, 0.2) is 0 Å². The van der Waals surface area contributed by atoms with Gasteiger partial charge in [-0.2, -0.15) is 0 Å². The molecule has 2 aromatic rings. The Morgan fingerprint density at radius 1 is 1.29 bits per heavy atom. The zero-order valence-electron chi connectivity index (χ0n) is 9.48. The van der Waals surface area contributed by atoms with Crippen LogP contribution in [0.15, 0.2) is 36.5 Å². The minimum atomic E-state index is 0.334. The van der Waals surface area contributed by atoms with Gasteiger partial charge in [0.05, 0.1) is 0 Å². The third-order valence-corrected chi connectivity index (χ3v) is 2.73. The lowest BCUT2D eigenvalue weighted by Crippen LogP contribution is -2.00. The van der Waals surface area contributed by atoms with Gasteiger partial charge in [-0.1, -0.05) is 23.7 Å². The Balaban J connectivity index is 2.29. The molecule has 0 spiro atoms. The van der Waals surface area contributed by atoms with Crippen LogP contribution in [0.2, 0.25) is 5.02 Å². The molecule has 1 aromatic heterocycles. The lowest BCUT2D eigenvalue weighted by molar-refractivity contribution is 0.457. The summed E-state index contributed by atoms with van der Waals surface area (Å²) in [5.41, 5.74) is 7.52. The summed E-state index contributed by atoms with van der Waals surface area (Å²) in [5, 5.41) is 0.608. The van der Waals surface area contributed by atoms with E-state index in [1.165, 1.54) is 0 Å². The van der Waals surface area contributed by atoms with E-state index < -0.39 is 0 Å². The molecule has 2 rings (SSSR count). The van der Waals surface area contributed by atoms with Crippen LogP contribution >= 0.6 is 11.6 Å². The fourth-order valence-corrected chi connectivity index (χ4v) is 1.70. The van der Waals surface area contributed by atoms with E-state index in [1.54, 1.807) is 12.3 Å². The fraction of sp³-hybridized carbons (Fsp3) is 0.154. The quantitative estimate of drug-likeness (QED) is 0.907. The molecule has 3 nitrogen and oxygen atoms in total. The summed E-state index contributed by atoms with van der Waals surface area (Å²) in [5.74, 6) is 1.18. The summed E-state index contributed by atoms with van der Waals surface area (Å²) < 4.78 is 5.66. The topological polar surface area (TPSA) is 48.1 Å². The smallest absolute Gasteiger partial charge is 0.219 e. The van der Waals surface area contributed by atoms with Gasteiger partial charge >= 0.3 is 0 Å². The van der Waals surface area contributed by atoms with Crippen LogP contribution in [0.5, 0.6) is 11.6 Å². The molecule has 0 radical (unpaired) electrons. The summed E-state index contributed by atoms with van der Waals surface area (Å²) in [6, 6.07) is 9.20. The van der Waals surface area contributed by atoms with Crippen LogP contribution in [0.3, 0.4) is 0 Å². The summed E-state index contributed by atoms with van der Waals surface area (Å²) in [4.78, 5) is 4.17. The van der Waals surface area contributed by atoms with Gasteiger partial charge in [0.1, 0.15) is 5.75 Å². The number of aryl methyl sites for hydroxylation is 1. The maximum atomic E-state index is 6.04. The number of hydrogen-bond donors (Lipinski definition) is 1. The van der Waals surface area contributed by atoms with Gasteiger partial charge < -0.3 is 10.5 Å². The van der Waals surface area contributed by atoms with E-state index in [0.717, 1.165) is 11.1 Å². The van der Waals surface area contributed by atoms with E-state index in [-0.39, 0.29) is 0 Å². The van der Waals surface area contributed by atoms with Gasteiger partial charge in [0.25, 0.3) is 0 Å². The van der Waals surface area contributed by atoms with Crippen molar-refractivity contribution < 1.29 is 4.74 Å². The number of pyridine rings is 1. The predicted molar refractivity (Wildman–Crippen MR) is 68.4 cm³/mol. The molecule has 0 bridgehead atoms. The monoisotopic (exact) mass is 248 g/mol. The number of rotatable bonds is 3. The number of halogens is 1. The summed E-state index contributed by atoms with van der Waals surface area (Å²) in [7, 11) is 0. The fourth-order valence-electron chi connectivity index (χ4n) is 1.46. The molecule has 0 aliphatic heterocycles. The second-order valence-corrected chi connectivity index (χ2v) is 4.10. The minimum absolute atomic E-state index is 0.334. The van der Waals surface area contributed by atoms with Crippen molar-refractivity contribution in [3.8, 4) is 11.6 Å². The highest BCUT2D eigenvalue weighted by atomic mass is 35.5. The number of benzene rings is 1. The lowest BCUT2D eigenvalue weighted by Gasteiger charge is -2.10. The van der Waals surface area contributed by atoms with Gasteiger partial charge in [-0.3, -0.25) is 0 Å². The molecule has 17 heavy (non-hydrogen) atoms. The zero-order chi connectivity index (χ0) is 12.3. The number of nitrogens with two attached hydrogens (primary N) is 1. The Hall–Kier alpha value is -1.58. The average molecular weight is 249 g/mol. The van der Waals surface area contributed by atoms with Crippen LogP contribution in [-0.2, 0) is 6.54 Å². The maximum Gasteiger partial charge on any atom is 0.219 e. The molecule has 0 atom stereocenters. The van der Waals surface area contributed by atoms with Gasteiger partial charge in [-0.25, -0.2) is 4.98 Å². The summed E-state index contributed by atoms with van der Waals surface area (Å²) >= 11 is 6.04. The molecule has 0 saturated carbocycles. The van der Waals surface area contributed by atoms with Crippen molar-refractivity contribution in [2.45, 2.75) is 13.5 Å². The molecule has 0 unspecified atom stereocenters. The number of nitrogens with zero attached hydrogens (tertiary/aromatic N) is 1. The van der Waals surface area contributed by atoms with Gasteiger partial charge in [-0.15, -0.1) is 0 Å². The largest absolute Gasteiger partial charge is 0.439 e. The highest BCUT2D eigenvalue weighted by Gasteiger charge is 2.07. The second-order valence-electron chi connectivity index (χ2n) is 3.70. The highest BCUT2D eigenvalue weighted by Crippen LogP contribution is 2.29. The van der Waals surface area contributed by atoms with Crippen molar-refractivity contribution >= 4 is 11.6 Å². The molecule has 88 valence electrons. The average Bonchev–Trinajstić information content (AvgIpc) is 2.32. The lowest BCUT2D eigenvalue weighted by atomic mass is 10.2. The SMILES string of the molecule is Cc1ccc(Oc2cccc(Cl)c2CN)nc1. The van der Waals surface area contributed by atoms with E-state index in [0.29, 0.717) is 23.2 Å². The first kappa shape index (κ1) is 11.9. The summed E-state index contributed by atoms with van der Waals surface area (Å²) in [6.07, 6.45) is 1.75. The Morgan fingerprint density at radius 3 is 2.76 bits per heavy atom. The summed E-state index contributed by atoms with van der Waals surface area (Å²) in [6.45, 7) is 2.31. The molecule has 0 saturated heterocycles. The first-order chi connectivity index (χ1) is 8.20. The van der Waals surface area contributed by atoms with Crippen LogP contribution in [0.25, 0.3) is 0 Å². The Labute approximate surface area is 105 Å². The molecule has 1 heterocycles. The van der Waals surface area contributed by atoms with Crippen LogP contribution in [0.1, 0.15) is 11.1 Å².